The molecule has 0 amide bonds. The van der Waals surface area contributed by atoms with Gasteiger partial charge in [0.1, 0.15) is 30.4 Å². The molecule has 0 aliphatic carbocycles. The molecule has 0 spiro atoms. The molecule has 0 fully saturated rings. The summed E-state index contributed by atoms with van der Waals surface area (Å²) in [7, 11) is -13.4. The minimum atomic E-state index is -4.45. The van der Waals surface area contributed by atoms with Gasteiger partial charge in [-0.05, 0) is 73.9 Å². The summed E-state index contributed by atoms with van der Waals surface area (Å²) in [4.78, 5) is -1.07. The molecule has 0 bridgehead atoms. The van der Waals surface area contributed by atoms with Crippen molar-refractivity contribution in [1.82, 2.24) is 0 Å². The predicted octanol–water partition coefficient (Wildman–Crippen LogP) is 3.40. The molecule has 0 heterocycles. The van der Waals surface area contributed by atoms with Crippen molar-refractivity contribution >= 4 is 82.2 Å². The van der Waals surface area contributed by atoms with Crippen molar-refractivity contribution in [2.45, 2.75) is 35.5 Å². The standard InChI is InChI=1S/3C7H8ClNO3S.Ni/c3*1-4-2-5(13(10,11)12)3-6(8)7(4)9;/h3*2-3H,9H2,1H3,(H,10,11,12);/q;;;+3/p-3. The van der Waals surface area contributed by atoms with E-state index in [4.69, 9.17) is 52.0 Å². The molecule has 1 radical (unpaired) electrons. The minimum Gasteiger partial charge on any atom is -0.744 e. The molecule has 12 nitrogen and oxygen atoms in total. The SMILES string of the molecule is Cc1cc(S(=O)(=O)[O-])cc(Cl)c1N.Cc1cc(S(=O)(=O)[O-])cc(Cl)c1N.Cc1cc(S(=O)(=O)[O-])cc(Cl)c1N.[Ni+3]. The molecular weight excluding hydrogens is 699 g/mol. The smallest absolute Gasteiger partial charge is 0.744 e. The zero-order valence-electron chi connectivity index (χ0n) is 20.5. The van der Waals surface area contributed by atoms with Crippen LogP contribution in [0, 0.1) is 20.8 Å². The molecule has 223 valence electrons. The fourth-order valence-corrected chi connectivity index (χ4v) is 5.35. The van der Waals surface area contributed by atoms with E-state index in [9.17, 15) is 38.9 Å². The van der Waals surface area contributed by atoms with Crippen LogP contribution in [0.4, 0.5) is 17.1 Å². The van der Waals surface area contributed by atoms with Crippen molar-refractivity contribution < 1.29 is 55.4 Å². The van der Waals surface area contributed by atoms with Crippen LogP contribution in [0.5, 0.6) is 0 Å². The van der Waals surface area contributed by atoms with Gasteiger partial charge in [0, 0.05) is 0 Å². The average molecular weight is 721 g/mol. The van der Waals surface area contributed by atoms with Gasteiger partial charge in [-0.3, -0.25) is 0 Å². The normalized spacial score (nSPS) is 11.3. The van der Waals surface area contributed by atoms with Crippen molar-refractivity contribution in [1.29, 1.82) is 0 Å². The Hall–Kier alpha value is -1.85. The van der Waals surface area contributed by atoms with Gasteiger partial charge in [-0.15, -0.1) is 0 Å². The first-order valence-corrected chi connectivity index (χ1v) is 15.4. The molecule has 0 saturated heterocycles. The predicted molar refractivity (Wildman–Crippen MR) is 146 cm³/mol. The van der Waals surface area contributed by atoms with Gasteiger partial charge in [0.05, 0.1) is 46.8 Å². The summed E-state index contributed by atoms with van der Waals surface area (Å²) in [6, 6.07) is 6.74. The molecule has 0 saturated carbocycles. The van der Waals surface area contributed by atoms with Gasteiger partial charge in [0.2, 0.25) is 0 Å². The number of anilines is 3. The van der Waals surface area contributed by atoms with Gasteiger partial charge >= 0.3 is 16.5 Å². The van der Waals surface area contributed by atoms with Crippen LogP contribution in [0.25, 0.3) is 0 Å². The number of hydrogen-bond donors (Lipinski definition) is 3. The molecule has 0 atom stereocenters. The van der Waals surface area contributed by atoms with Gasteiger partial charge in [0.25, 0.3) is 0 Å². The van der Waals surface area contributed by atoms with Crippen molar-refractivity contribution in [3.05, 3.63) is 68.2 Å². The fourth-order valence-electron chi connectivity index (χ4n) is 2.60. The van der Waals surface area contributed by atoms with Crippen LogP contribution in [0.1, 0.15) is 16.7 Å². The first kappa shape index (κ1) is 38.2. The molecule has 40 heavy (non-hydrogen) atoms. The molecule has 0 unspecified atom stereocenters. The summed E-state index contributed by atoms with van der Waals surface area (Å²) in [5.74, 6) is 0. The maximum Gasteiger partial charge on any atom is 3.00 e. The van der Waals surface area contributed by atoms with Crippen molar-refractivity contribution in [3.63, 3.8) is 0 Å². The Labute approximate surface area is 257 Å². The van der Waals surface area contributed by atoms with Crippen LogP contribution in [0.3, 0.4) is 0 Å². The van der Waals surface area contributed by atoms with Gasteiger partial charge < -0.3 is 30.9 Å². The second-order valence-electron chi connectivity index (χ2n) is 7.77. The van der Waals surface area contributed by atoms with Crippen LogP contribution in [0.15, 0.2) is 51.1 Å². The number of halogens is 3. The summed E-state index contributed by atoms with van der Waals surface area (Å²) < 4.78 is 95.3. The number of benzene rings is 3. The van der Waals surface area contributed by atoms with Crippen LogP contribution in [-0.4, -0.2) is 38.9 Å². The van der Waals surface area contributed by atoms with Gasteiger partial charge in [-0.25, -0.2) is 25.3 Å². The number of nitrogens with two attached hydrogens (primary N) is 3. The van der Waals surface area contributed by atoms with E-state index >= 15 is 0 Å². The Balaban J connectivity index is 0.000000563. The Morgan fingerprint density at radius 1 is 0.500 bits per heavy atom. The topological polar surface area (TPSA) is 250 Å². The van der Waals surface area contributed by atoms with E-state index < -0.39 is 30.4 Å². The van der Waals surface area contributed by atoms with Crippen molar-refractivity contribution in [2.24, 2.45) is 0 Å². The van der Waals surface area contributed by atoms with E-state index in [-0.39, 0.29) is 63.3 Å². The number of nitrogen functional groups attached to an aromatic ring is 3. The second-order valence-corrected chi connectivity index (χ2v) is 13.1. The maximum absolute atomic E-state index is 10.6. The Kier molecular flexibility index (Phi) is 13.7. The quantitative estimate of drug-likeness (QED) is 0.200. The third-order valence-corrected chi connectivity index (χ3v) is 8.17. The Bertz CT molecular complexity index is 1460. The second kappa shape index (κ2) is 14.4. The van der Waals surface area contributed by atoms with Crippen LogP contribution >= 0.6 is 34.8 Å². The van der Waals surface area contributed by atoms with Crippen LogP contribution in [-0.2, 0) is 46.8 Å². The molecule has 3 rings (SSSR count). The summed E-state index contributed by atoms with van der Waals surface area (Å²) in [6.07, 6.45) is 0. The molecular formula is C21H21Cl3N3NiO9S3. The fraction of sp³-hybridized carbons (Fsp3) is 0.143. The van der Waals surface area contributed by atoms with Gasteiger partial charge in [-0.2, -0.15) is 0 Å². The molecule has 0 aliphatic rings. The van der Waals surface area contributed by atoms with E-state index in [0.29, 0.717) is 16.7 Å². The summed E-state index contributed by atoms with van der Waals surface area (Å²) in [5, 5.41) is 0.235. The number of aryl methyl sites for hydroxylation is 3. The average Bonchev–Trinajstić information content (AvgIpc) is 2.77. The summed E-state index contributed by atoms with van der Waals surface area (Å²) >= 11 is 16.8. The maximum atomic E-state index is 10.6. The minimum absolute atomic E-state index is 0. The van der Waals surface area contributed by atoms with Gasteiger partial charge in [0.15, 0.2) is 0 Å². The van der Waals surface area contributed by atoms with E-state index in [1.165, 1.54) is 18.2 Å². The molecule has 3 aromatic carbocycles. The van der Waals surface area contributed by atoms with Crippen molar-refractivity contribution in [2.75, 3.05) is 17.2 Å². The molecule has 3 aromatic rings. The summed E-state index contributed by atoms with van der Waals surface area (Å²) in [5.41, 5.74) is 18.7. The third-order valence-electron chi connectivity index (χ3n) is 4.80. The van der Waals surface area contributed by atoms with Crippen LogP contribution in [0.2, 0.25) is 15.1 Å². The molecule has 0 aromatic heterocycles. The van der Waals surface area contributed by atoms with E-state index in [2.05, 4.69) is 0 Å². The largest absolute Gasteiger partial charge is 3.00 e. The molecule has 0 aliphatic heterocycles. The molecule has 6 N–H and O–H groups in total. The zero-order valence-corrected chi connectivity index (χ0v) is 26.3. The third kappa shape index (κ3) is 10.9. The van der Waals surface area contributed by atoms with Gasteiger partial charge in [-0.1, -0.05) is 34.8 Å². The monoisotopic (exact) mass is 718 g/mol. The van der Waals surface area contributed by atoms with Crippen molar-refractivity contribution in [3.8, 4) is 0 Å². The number of hydrogen-bond acceptors (Lipinski definition) is 12. The van der Waals surface area contributed by atoms with E-state index in [1.54, 1.807) is 20.8 Å². The van der Waals surface area contributed by atoms with Crippen LogP contribution < -0.4 is 17.2 Å². The van der Waals surface area contributed by atoms with E-state index in [1.807, 2.05) is 0 Å². The first-order valence-electron chi connectivity index (χ1n) is 10.0. The number of rotatable bonds is 3. The van der Waals surface area contributed by atoms with E-state index in [0.717, 1.165) is 18.2 Å². The first-order chi connectivity index (χ1) is 17.5. The Morgan fingerprint density at radius 2 is 0.675 bits per heavy atom. The molecule has 19 heteroatoms. The summed E-state index contributed by atoms with van der Waals surface area (Å²) in [6.45, 7) is 4.74. The Morgan fingerprint density at radius 3 is 0.800 bits per heavy atom. The zero-order chi connectivity index (χ0) is 30.7.